The summed E-state index contributed by atoms with van der Waals surface area (Å²) in [6, 6.07) is 6.99. The summed E-state index contributed by atoms with van der Waals surface area (Å²) in [7, 11) is 0. The largest absolute Gasteiger partial charge is 0.481 e. The van der Waals surface area contributed by atoms with E-state index in [4.69, 9.17) is 22.1 Å². The summed E-state index contributed by atoms with van der Waals surface area (Å²) in [5, 5.41) is 3.57. The second-order valence-electron chi connectivity index (χ2n) is 4.90. The minimum Gasteiger partial charge on any atom is -0.481 e. The molecule has 0 radical (unpaired) electrons. The van der Waals surface area contributed by atoms with Crippen molar-refractivity contribution in [3.63, 3.8) is 0 Å². The Morgan fingerprint density at radius 2 is 2.05 bits per heavy atom. The van der Waals surface area contributed by atoms with Crippen molar-refractivity contribution in [2.45, 2.75) is 45.3 Å². The minimum absolute atomic E-state index is 0. The van der Waals surface area contributed by atoms with E-state index in [0.29, 0.717) is 17.3 Å². The van der Waals surface area contributed by atoms with Crippen LogP contribution in [0.1, 0.15) is 33.6 Å². The topological polar surface area (TPSA) is 64.3 Å². The van der Waals surface area contributed by atoms with Gasteiger partial charge in [-0.05, 0) is 38.0 Å². The van der Waals surface area contributed by atoms with Crippen LogP contribution in [0.25, 0.3) is 0 Å². The van der Waals surface area contributed by atoms with Crippen LogP contribution >= 0.6 is 24.0 Å². The summed E-state index contributed by atoms with van der Waals surface area (Å²) >= 11 is 5.88. The molecule has 0 aliphatic rings. The van der Waals surface area contributed by atoms with E-state index in [0.717, 1.165) is 12.8 Å². The number of nitrogens with one attached hydrogen (secondary N) is 1. The van der Waals surface area contributed by atoms with Crippen LogP contribution in [0.5, 0.6) is 5.75 Å². The van der Waals surface area contributed by atoms with E-state index >= 15 is 0 Å². The molecule has 6 heteroatoms. The van der Waals surface area contributed by atoms with Gasteiger partial charge in [0.1, 0.15) is 5.75 Å². The number of carbonyl (C=O) groups is 1. The zero-order valence-electron chi connectivity index (χ0n) is 12.7. The number of halogens is 2. The molecule has 120 valence electrons. The quantitative estimate of drug-likeness (QED) is 0.804. The Balaban J connectivity index is 0.00000400. The molecule has 0 fully saturated rings. The highest BCUT2D eigenvalue weighted by atomic mass is 35.5. The first-order valence-corrected chi connectivity index (χ1v) is 7.28. The lowest BCUT2D eigenvalue weighted by Crippen LogP contribution is -2.55. The van der Waals surface area contributed by atoms with Gasteiger partial charge in [-0.2, -0.15) is 0 Å². The lowest BCUT2D eigenvalue weighted by atomic mass is 9.92. The number of hydrogen-bond donors (Lipinski definition) is 2. The van der Waals surface area contributed by atoms with Crippen molar-refractivity contribution in [1.29, 1.82) is 0 Å². The Hall–Kier alpha value is -0.970. The van der Waals surface area contributed by atoms with Crippen LogP contribution < -0.4 is 15.8 Å². The molecule has 1 amide bonds. The van der Waals surface area contributed by atoms with Gasteiger partial charge in [0.05, 0.1) is 5.54 Å². The van der Waals surface area contributed by atoms with Gasteiger partial charge in [0, 0.05) is 11.6 Å². The van der Waals surface area contributed by atoms with Gasteiger partial charge in [-0.25, -0.2) is 0 Å². The average Bonchev–Trinajstić information content (AvgIpc) is 2.44. The molecule has 1 unspecified atom stereocenters. The maximum absolute atomic E-state index is 12.2. The fraction of sp³-hybridized carbons (Fsp3) is 0.533. The van der Waals surface area contributed by atoms with Crippen molar-refractivity contribution in [1.82, 2.24) is 5.32 Å². The molecule has 0 saturated carbocycles. The van der Waals surface area contributed by atoms with Crippen molar-refractivity contribution >= 4 is 29.9 Å². The van der Waals surface area contributed by atoms with Crippen molar-refractivity contribution in [2.24, 2.45) is 5.73 Å². The molecule has 0 bridgehead atoms. The number of nitrogens with two attached hydrogens (primary N) is 1. The molecular formula is C15H24Cl2N2O2. The highest BCUT2D eigenvalue weighted by molar-refractivity contribution is 6.30. The molecule has 0 aliphatic carbocycles. The summed E-state index contributed by atoms with van der Waals surface area (Å²) in [6.07, 6.45) is 0.975. The Kier molecular flexibility index (Phi) is 8.71. The third kappa shape index (κ3) is 5.73. The molecule has 1 atom stereocenters. The number of ether oxygens (including phenoxy) is 1. The van der Waals surface area contributed by atoms with Crippen LogP contribution in [0.4, 0.5) is 0 Å². The van der Waals surface area contributed by atoms with E-state index in [1.807, 2.05) is 13.8 Å². The number of carbonyl (C=O) groups excluding carboxylic acids is 1. The molecule has 1 rings (SSSR count). The first-order chi connectivity index (χ1) is 9.46. The Bertz CT molecular complexity index is 443. The normalized spacial score (nSPS) is 12.2. The molecule has 4 nitrogen and oxygen atoms in total. The Morgan fingerprint density at radius 1 is 1.43 bits per heavy atom. The molecule has 3 N–H and O–H groups in total. The van der Waals surface area contributed by atoms with Gasteiger partial charge in [-0.3, -0.25) is 4.79 Å². The highest BCUT2D eigenvalue weighted by Gasteiger charge is 2.28. The number of amides is 1. The molecule has 1 aromatic rings. The molecule has 0 heterocycles. The standard InChI is InChI=1S/C15H23ClN2O2.ClH/c1-4-15(5-2,10-17)18-14(19)11(3)20-13-8-6-7-12(16)9-13;/h6-9,11H,4-5,10,17H2,1-3H3,(H,18,19);1H. The van der Waals surface area contributed by atoms with Crippen LogP contribution in [-0.4, -0.2) is 24.1 Å². The predicted octanol–water partition coefficient (Wildman–Crippen LogP) is 3.16. The van der Waals surface area contributed by atoms with E-state index in [2.05, 4.69) is 5.32 Å². The molecule has 0 aliphatic heterocycles. The molecule has 0 saturated heterocycles. The molecular weight excluding hydrogens is 311 g/mol. The smallest absolute Gasteiger partial charge is 0.261 e. The second kappa shape index (κ2) is 9.13. The molecule has 0 spiro atoms. The average molecular weight is 335 g/mol. The summed E-state index contributed by atoms with van der Waals surface area (Å²) in [5.74, 6) is 0.408. The van der Waals surface area contributed by atoms with E-state index in [1.54, 1.807) is 31.2 Å². The maximum atomic E-state index is 12.2. The van der Waals surface area contributed by atoms with Crippen LogP contribution in [0, 0.1) is 0 Å². The van der Waals surface area contributed by atoms with Crippen LogP contribution in [0.3, 0.4) is 0 Å². The van der Waals surface area contributed by atoms with Crippen molar-refractivity contribution in [3.8, 4) is 5.75 Å². The minimum atomic E-state index is -0.600. The van der Waals surface area contributed by atoms with E-state index in [-0.39, 0.29) is 23.9 Å². The fourth-order valence-electron chi connectivity index (χ4n) is 1.93. The summed E-state index contributed by atoms with van der Waals surface area (Å²) in [5.41, 5.74) is 5.42. The monoisotopic (exact) mass is 334 g/mol. The van der Waals surface area contributed by atoms with Crippen LogP contribution in [0.15, 0.2) is 24.3 Å². The summed E-state index contributed by atoms with van der Waals surface area (Å²) in [4.78, 5) is 12.2. The summed E-state index contributed by atoms with van der Waals surface area (Å²) < 4.78 is 5.60. The summed E-state index contributed by atoms with van der Waals surface area (Å²) in [6.45, 7) is 6.15. The maximum Gasteiger partial charge on any atom is 0.261 e. The van der Waals surface area contributed by atoms with Crippen LogP contribution in [0.2, 0.25) is 5.02 Å². The Labute approximate surface area is 137 Å². The third-order valence-electron chi connectivity index (χ3n) is 3.61. The molecule has 21 heavy (non-hydrogen) atoms. The highest BCUT2D eigenvalue weighted by Crippen LogP contribution is 2.19. The molecule has 0 aromatic heterocycles. The predicted molar refractivity (Wildman–Crippen MR) is 89.3 cm³/mol. The second-order valence-corrected chi connectivity index (χ2v) is 5.33. The van der Waals surface area contributed by atoms with Crippen LogP contribution in [-0.2, 0) is 4.79 Å². The molecule has 1 aromatic carbocycles. The van der Waals surface area contributed by atoms with Crippen molar-refractivity contribution in [2.75, 3.05) is 6.54 Å². The first kappa shape index (κ1) is 20.0. The third-order valence-corrected chi connectivity index (χ3v) is 3.85. The van der Waals surface area contributed by atoms with Gasteiger partial charge >= 0.3 is 0 Å². The number of rotatable bonds is 7. The lowest BCUT2D eigenvalue weighted by Gasteiger charge is -2.32. The zero-order valence-corrected chi connectivity index (χ0v) is 14.3. The number of hydrogen-bond acceptors (Lipinski definition) is 3. The lowest BCUT2D eigenvalue weighted by molar-refractivity contribution is -0.129. The Morgan fingerprint density at radius 3 is 2.52 bits per heavy atom. The SMILES string of the molecule is CCC(CC)(CN)NC(=O)C(C)Oc1cccc(Cl)c1.Cl. The fourth-order valence-corrected chi connectivity index (χ4v) is 2.11. The van der Waals surface area contributed by atoms with E-state index in [1.165, 1.54) is 0 Å². The van der Waals surface area contributed by atoms with Gasteiger partial charge in [0.15, 0.2) is 6.10 Å². The van der Waals surface area contributed by atoms with Gasteiger partial charge in [0.25, 0.3) is 5.91 Å². The van der Waals surface area contributed by atoms with Crippen molar-refractivity contribution < 1.29 is 9.53 Å². The van der Waals surface area contributed by atoms with E-state index in [9.17, 15) is 4.79 Å². The zero-order chi connectivity index (χ0) is 15.2. The van der Waals surface area contributed by atoms with Gasteiger partial charge in [-0.1, -0.05) is 31.5 Å². The van der Waals surface area contributed by atoms with Gasteiger partial charge in [-0.15, -0.1) is 12.4 Å². The first-order valence-electron chi connectivity index (χ1n) is 6.90. The van der Waals surface area contributed by atoms with Gasteiger partial charge < -0.3 is 15.8 Å². The van der Waals surface area contributed by atoms with Gasteiger partial charge in [0.2, 0.25) is 0 Å². The van der Waals surface area contributed by atoms with Crippen molar-refractivity contribution in [3.05, 3.63) is 29.3 Å². The van der Waals surface area contributed by atoms with E-state index < -0.39 is 6.10 Å². The number of benzene rings is 1.